The second-order valence-electron chi connectivity index (χ2n) is 6.33. The number of hydrogen-bond acceptors (Lipinski definition) is 3. The van der Waals surface area contributed by atoms with Crippen molar-refractivity contribution < 1.29 is 14.6 Å². The molecule has 21 heavy (non-hydrogen) atoms. The number of aliphatic hydroxyl groups is 1. The molecule has 1 spiro atoms. The Morgan fingerprint density at radius 3 is 2.86 bits per heavy atom. The van der Waals surface area contributed by atoms with Gasteiger partial charge in [-0.15, -0.1) is 0 Å². The van der Waals surface area contributed by atoms with Crippen molar-refractivity contribution in [1.82, 2.24) is 0 Å². The standard InChI is InChI=1S/C17H23BrO3/c1-12(19)15-10-13(18)4-5-16(15)21-14-6-9-20-17(11-14)7-2-3-8-17/h4-5,10,12,14,19H,2-3,6-9,11H2,1H3/t12-,14?/m1/s1. The van der Waals surface area contributed by atoms with Gasteiger partial charge in [-0.25, -0.2) is 0 Å². The molecule has 1 unspecified atom stereocenters. The lowest BCUT2D eigenvalue weighted by Gasteiger charge is -2.38. The average Bonchev–Trinajstić information content (AvgIpc) is 2.88. The van der Waals surface area contributed by atoms with Crippen LogP contribution in [0.25, 0.3) is 0 Å². The highest BCUT2D eigenvalue weighted by Crippen LogP contribution is 2.41. The van der Waals surface area contributed by atoms with Crippen LogP contribution in [0.3, 0.4) is 0 Å². The Kier molecular flexibility index (Phi) is 4.57. The van der Waals surface area contributed by atoms with Crippen molar-refractivity contribution in [3.05, 3.63) is 28.2 Å². The van der Waals surface area contributed by atoms with E-state index in [2.05, 4.69) is 15.9 Å². The van der Waals surface area contributed by atoms with Gasteiger partial charge in [0.2, 0.25) is 0 Å². The highest BCUT2D eigenvalue weighted by atomic mass is 79.9. The van der Waals surface area contributed by atoms with Crippen LogP contribution in [0.1, 0.15) is 57.1 Å². The number of aliphatic hydroxyl groups excluding tert-OH is 1. The van der Waals surface area contributed by atoms with Crippen LogP contribution in [0.5, 0.6) is 5.75 Å². The zero-order valence-electron chi connectivity index (χ0n) is 12.5. The van der Waals surface area contributed by atoms with Crippen LogP contribution in [-0.4, -0.2) is 23.4 Å². The Hall–Kier alpha value is -0.580. The highest BCUT2D eigenvalue weighted by Gasteiger charge is 2.40. The molecule has 0 bridgehead atoms. The van der Waals surface area contributed by atoms with Crippen LogP contribution in [0, 0.1) is 0 Å². The van der Waals surface area contributed by atoms with Gasteiger partial charge in [0.05, 0.1) is 18.3 Å². The van der Waals surface area contributed by atoms with Crippen molar-refractivity contribution in [2.24, 2.45) is 0 Å². The largest absolute Gasteiger partial charge is 0.490 e. The van der Waals surface area contributed by atoms with Crippen molar-refractivity contribution in [1.29, 1.82) is 0 Å². The minimum atomic E-state index is -0.530. The zero-order valence-corrected chi connectivity index (χ0v) is 14.1. The lowest BCUT2D eigenvalue weighted by molar-refractivity contribution is -0.108. The van der Waals surface area contributed by atoms with Crippen LogP contribution < -0.4 is 4.74 Å². The Bertz CT molecular complexity index is 495. The molecule has 1 saturated carbocycles. The third-order valence-electron chi connectivity index (χ3n) is 4.68. The van der Waals surface area contributed by atoms with E-state index in [0.29, 0.717) is 0 Å². The first kappa shape index (κ1) is 15.3. The minimum absolute atomic E-state index is 0.0588. The van der Waals surface area contributed by atoms with Gasteiger partial charge in [-0.2, -0.15) is 0 Å². The molecular weight excluding hydrogens is 332 g/mol. The van der Waals surface area contributed by atoms with Crippen molar-refractivity contribution in [3.63, 3.8) is 0 Å². The Labute approximate surface area is 134 Å². The molecule has 1 aromatic rings. The summed E-state index contributed by atoms with van der Waals surface area (Å²) in [5.41, 5.74) is 0.903. The molecule has 1 aliphatic heterocycles. The van der Waals surface area contributed by atoms with Gasteiger partial charge < -0.3 is 14.6 Å². The van der Waals surface area contributed by atoms with Gasteiger partial charge in [0, 0.05) is 22.9 Å². The summed E-state index contributed by atoms with van der Waals surface area (Å²) in [5.74, 6) is 0.799. The van der Waals surface area contributed by atoms with Crippen LogP contribution in [0.4, 0.5) is 0 Å². The first-order valence-corrected chi connectivity index (χ1v) is 8.65. The summed E-state index contributed by atoms with van der Waals surface area (Å²) in [7, 11) is 0. The van der Waals surface area contributed by atoms with E-state index in [4.69, 9.17) is 9.47 Å². The molecule has 4 heteroatoms. The van der Waals surface area contributed by atoms with Crippen molar-refractivity contribution in [2.45, 2.75) is 63.3 Å². The topological polar surface area (TPSA) is 38.7 Å². The van der Waals surface area contributed by atoms with Crippen LogP contribution >= 0.6 is 15.9 Å². The highest BCUT2D eigenvalue weighted by molar-refractivity contribution is 9.10. The number of rotatable bonds is 3. The van der Waals surface area contributed by atoms with Crippen molar-refractivity contribution in [3.8, 4) is 5.75 Å². The Morgan fingerprint density at radius 1 is 1.38 bits per heavy atom. The van der Waals surface area contributed by atoms with E-state index in [1.807, 2.05) is 18.2 Å². The fourth-order valence-electron chi connectivity index (χ4n) is 3.58. The normalized spacial score (nSPS) is 26.0. The number of hydrogen-bond donors (Lipinski definition) is 1. The van der Waals surface area contributed by atoms with Crippen LogP contribution in [0.15, 0.2) is 22.7 Å². The van der Waals surface area contributed by atoms with Gasteiger partial charge in [-0.3, -0.25) is 0 Å². The number of benzene rings is 1. The van der Waals surface area contributed by atoms with Gasteiger partial charge in [-0.1, -0.05) is 28.8 Å². The summed E-state index contributed by atoms with van der Waals surface area (Å²) in [4.78, 5) is 0. The predicted molar refractivity (Wildman–Crippen MR) is 85.6 cm³/mol. The monoisotopic (exact) mass is 354 g/mol. The zero-order chi connectivity index (χ0) is 14.9. The van der Waals surface area contributed by atoms with Gasteiger partial charge in [0.25, 0.3) is 0 Å². The minimum Gasteiger partial charge on any atom is -0.490 e. The summed E-state index contributed by atoms with van der Waals surface area (Å²) in [6.07, 6.45) is 6.42. The number of halogens is 1. The summed E-state index contributed by atoms with van der Waals surface area (Å²) in [6, 6.07) is 5.85. The van der Waals surface area contributed by atoms with E-state index in [-0.39, 0.29) is 11.7 Å². The smallest absolute Gasteiger partial charge is 0.125 e. The molecule has 1 N–H and O–H groups in total. The second-order valence-corrected chi connectivity index (χ2v) is 7.25. The molecule has 2 atom stereocenters. The molecule has 0 radical (unpaired) electrons. The predicted octanol–water partition coefficient (Wildman–Crippen LogP) is 4.37. The quantitative estimate of drug-likeness (QED) is 0.875. The molecule has 116 valence electrons. The average molecular weight is 355 g/mol. The number of ether oxygens (including phenoxy) is 2. The maximum atomic E-state index is 9.94. The van der Waals surface area contributed by atoms with Gasteiger partial charge in [0.1, 0.15) is 11.9 Å². The molecule has 3 rings (SSSR count). The molecule has 2 aliphatic rings. The maximum Gasteiger partial charge on any atom is 0.125 e. The molecule has 3 nitrogen and oxygen atoms in total. The summed E-state index contributed by atoms with van der Waals surface area (Å²) < 4.78 is 13.2. The summed E-state index contributed by atoms with van der Waals surface area (Å²) >= 11 is 3.45. The lowest BCUT2D eigenvalue weighted by atomic mass is 9.90. The van der Waals surface area contributed by atoms with E-state index < -0.39 is 6.10 Å². The lowest BCUT2D eigenvalue weighted by Crippen LogP contribution is -2.41. The fraction of sp³-hybridized carbons (Fsp3) is 0.647. The van der Waals surface area contributed by atoms with E-state index >= 15 is 0 Å². The maximum absolute atomic E-state index is 9.94. The van der Waals surface area contributed by atoms with E-state index in [1.165, 1.54) is 12.8 Å². The molecule has 1 saturated heterocycles. The molecule has 1 aliphatic carbocycles. The van der Waals surface area contributed by atoms with Gasteiger partial charge in [0.15, 0.2) is 0 Å². The van der Waals surface area contributed by atoms with Crippen molar-refractivity contribution in [2.75, 3.05) is 6.61 Å². The molecule has 0 amide bonds. The third-order valence-corrected chi connectivity index (χ3v) is 5.17. The van der Waals surface area contributed by atoms with E-state index in [9.17, 15) is 5.11 Å². The van der Waals surface area contributed by atoms with Crippen molar-refractivity contribution >= 4 is 15.9 Å². The Morgan fingerprint density at radius 2 is 2.14 bits per heavy atom. The van der Waals surface area contributed by atoms with E-state index in [0.717, 1.165) is 48.1 Å². The summed E-state index contributed by atoms with van der Waals surface area (Å²) in [5, 5.41) is 9.94. The fourth-order valence-corrected chi connectivity index (χ4v) is 3.96. The van der Waals surface area contributed by atoms with Crippen LogP contribution in [-0.2, 0) is 4.74 Å². The third kappa shape index (κ3) is 3.43. The van der Waals surface area contributed by atoms with Gasteiger partial charge in [-0.05, 0) is 38.0 Å². The molecule has 2 fully saturated rings. The molecular formula is C17H23BrO3. The summed E-state index contributed by atoms with van der Waals surface area (Å²) in [6.45, 7) is 2.56. The van der Waals surface area contributed by atoms with E-state index in [1.54, 1.807) is 6.92 Å². The second kappa shape index (κ2) is 6.27. The SMILES string of the molecule is C[C@@H](O)c1cc(Br)ccc1OC1CCOC2(CCCC2)C1. The molecule has 1 heterocycles. The van der Waals surface area contributed by atoms with Crippen LogP contribution in [0.2, 0.25) is 0 Å². The first-order valence-electron chi connectivity index (χ1n) is 7.86. The molecule has 0 aromatic heterocycles. The molecule has 1 aromatic carbocycles. The first-order chi connectivity index (χ1) is 10.1. The Balaban J connectivity index is 1.74. The van der Waals surface area contributed by atoms with Gasteiger partial charge >= 0.3 is 0 Å².